The van der Waals surface area contributed by atoms with Crippen molar-refractivity contribution in [1.29, 1.82) is 0 Å². The zero-order valence-electron chi connectivity index (χ0n) is 6.87. The quantitative estimate of drug-likeness (QED) is 0.743. The van der Waals surface area contributed by atoms with Gasteiger partial charge in [0.25, 0.3) is 0 Å². The van der Waals surface area contributed by atoms with Crippen LogP contribution in [0.1, 0.15) is 5.69 Å². The van der Waals surface area contributed by atoms with Crippen molar-refractivity contribution in [2.75, 3.05) is 5.88 Å². The monoisotopic (exact) mass is 193 g/mol. The first-order valence-corrected chi connectivity index (χ1v) is 4.47. The van der Waals surface area contributed by atoms with E-state index in [2.05, 4.69) is 15.2 Å². The molecule has 0 bridgehead atoms. The Balaban J connectivity index is 2.52. The lowest BCUT2D eigenvalue weighted by molar-refractivity contribution is 1.09. The van der Waals surface area contributed by atoms with Crippen molar-refractivity contribution in [3.63, 3.8) is 0 Å². The van der Waals surface area contributed by atoms with Gasteiger partial charge in [0, 0.05) is 17.5 Å². The predicted molar refractivity (Wildman–Crippen MR) is 53.6 cm³/mol. The van der Waals surface area contributed by atoms with Gasteiger partial charge in [-0.25, -0.2) is 4.98 Å². The molecule has 0 unspecified atom stereocenters. The summed E-state index contributed by atoms with van der Waals surface area (Å²) in [4.78, 5) is 4.10. The summed E-state index contributed by atoms with van der Waals surface area (Å²) in [6.45, 7) is 0. The Morgan fingerprint density at radius 3 is 3.31 bits per heavy atom. The summed E-state index contributed by atoms with van der Waals surface area (Å²) in [5, 5.41) is 7.95. The summed E-state index contributed by atoms with van der Waals surface area (Å²) in [5.41, 5.74) is 1.68. The van der Waals surface area contributed by atoms with E-state index in [0.29, 0.717) is 5.88 Å². The Hall–Kier alpha value is -1.35. The molecule has 2 aromatic rings. The molecule has 0 atom stereocenters. The van der Waals surface area contributed by atoms with Crippen LogP contribution in [0.15, 0.2) is 24.4 Å². The number of alkyl halides is 1. The number of rotatable bonds is 2. The Morgan fingerprint density at radius 1 is 1.54 bits per heavy atom. The lowest BCUT2D eigenvalue weighted by Crippen LogP contribution is -1.73. The fraction of sp³-hybridized carbons (Fsp3) is 0.111. The molecule has 13 heavy (non-hydrogen) atoms. The first kappa shape index (κ1) is 8.26. The second-order valence-electron chi connectivity index (χ2n) is 2.57. The number of aromatic nitrogens is 3. The van der Waals surface area contributed by atoms with Crippen molar-refractivity contribution in [3.05, 3.63) is 30.1 Å². The Bertz CT molecular complexity index is 433. The van der Waals surface area contributed by atoms with Crippen LogP contribution >= 0.6 is 11.6 Å². The summed E-state index contributed by atoms with van der Waals surface area (Å²) in [7, 11) is 0. The highest BCUT2D eigenvalue weighted by Crippen LogP contribution is 2.13. The Morgan fingerprint density at radius 2 is 2.46 bits per heavy atom. The van der Waals surface area contributed by atoms with Crippen LogP contribution in [0, 0.1) is 0 Å². The molecule has 2 heterocycles. The van der Waals surface area contributed by atoms with Gasteiger partial charge in [0.2, 0.25) is 0 Å². The average Bonchev–Trinajstić information content (AvgIpc) is 2.58. The minimum absolute atomic E-state index is 0.501. The van der Waals surface area contributed by atoms with Gasteiger partial charge in [0.05, 0.1) is 5.69 Å². The van der Waals surface area contributed by atoms with Gasteiger partial charge >= 0.3 is 0 Å². The third-order valence-electron chi connectivity index (χ3n) is 1.73. The van der Waals surface area contributed by atoms with Crippen LogP contribution < -0.4 is 0 Å². The van der Waals surface area contributed by atoms with Crippen molar-refractivity contribution in [3.8, 4) is 0 Å². The van der Waals surface area contributed by atoms with E-state index < -0.39 is 0 Å². The van der Waals surface area contributed by atoms with Crippen molar-refractivity contribution < 1.29 is 0 Å². The molecule has 0 aromatic carbocycles. The zero-order chi connectivity index (χ0) is 9.10. The fourth-order valence-corrected chi connectivity index (χ4v) is 1.25. The van der Waals surface area contributed by atoms with Crippen LogP contribution in [0.5, 0.6) is 0 Å². The number of allylic oxidation sites excluding steroid dienone is 1. The molecule has 0 aliphatic heterocycles. The van der Waals surface area contributed by atoms with Gasteiger partial charge in [0.15, 0.2) is 5.65 Å². The highest BCUT2D eigenvalue weighted by molar-refractivity contribution is 6.19. The highest BCUT2D eigenvalue weighted by Gasteiger charge is 2.00. The van der Waals surface area contributed by atoms with E-state index in [1.165, 1.54) is 0 Å². The van der Waals surface area contributed by atoms with E-state index in [4.69, 9.17) is 11.6 Å². The number of aromatic amines is 1. The molecule has 2 rings (SSSR count). The molecule has 0 fully saturated rings. The van der Waals surface area contributed by atoms with E-state index in [1.807, 2.05) is 24.3 Å². The van der Waals surface area contributed by atoms with E-state index in [-0.39, 0.29) is 0 Å². The number of fused-ring (bicyclic) bond motifs is 1. The van der Waals surface area contributed by atoms with E-state index >= 15 is 0 Å². The minimum atomic E-state index is 0.501. The van der Waals surface area contributed by atoms with Gasteiger partial charge in [0.1, 0.15) is 0 Å². The normalized spacial score (nSPS) is 11.5. The van der Waals surface area contributed by atoms with Crippen LogP contribution in [0.2, 0.25) is 0 Å². The van der Waals surface area contributed by atoms with E-state index in [0.717, 1.165) is 16.7 Å². The van der Waals surface area contributed by atoms with Gasteiger partial charge in [-0.1, -0.05) is 6.08 Å². The molecule has 0 amide bonds. The summed E-state index contributed by atoms with van der Waals surface area (Å²) in [5.74, 6) is 0.501. The van der Waals surface area contributed by atoms with E-state index in [1.54, 1.807) is 6.20 Å². The largest absolute Gasteiger partial charge is 0.276 e. The SMILES string of the molecule is ClCC=Cc1[nH]nc2ncccc12. The standard InChI is InChI=1S/C9H8ClN3/c10-5-1-4-8-7-3-2-6-11-9(7)13-12-8/h1-4,6H,5H2,(H,11,12,13). The molecule has 0 saturated heterocycles. The molecule has 2 aromatic heterocycles. The van der Waals surface area contributed by atoms with Gasteiger partial charge < -0.3 is 0 Å². The summed E-state index contributed by atoms with van der Waals surface area (Å²) < 4.78 is 0. The van der Waals surface area contributed by atoms with Crippen LogP contribution in [-0.2, 0) is 0 Å². The van der Waals surface area contributed by atoms with Crippen molar-refractivity contribution in [1.82, 2.24) is 15.2 Å². The maximum atomic E-state index is 5.53. The highest BCUT2D eigenvalue weighted by atomic mass is 35.5. The smallest absolute Gasteiger partial charge is 0.181 e. The molecule has 0 radical (unpaired) electrons. The third kappa shape index (κ3) is 1.55. The number of nitrogens with one attached hydrogen (secondary N) is 1. The molecule has 3 nitrogen and oxygen atoms in total. The predicted octanol–water partition coefficient (Wildman–Crippen LogP) is 2.21. The number of nitrogens with zero attached hydrogens (tertiary/aromatic N) is 2. The Kier molecular flexibility index (Phi) is 2.27. The van der Waals surface area contributed by atoms with Gasteiger partial charge in [-0.3, -0.25) is 5.10 Å². The number of halogens is 1. The first-order valence-electron chi connectivity index (χ1n) is 3.93. The molecule has 0 aliphatic rings. The Labute approximate surface area is 80.4 Å². The van der Waals surface area contributed by atoms with Crippen molar-refractivity contribution >= 4 is 28.7 Å². The second kappa shape index (κ2) is 3.58. The molecule has 4 heteroatoms. The van der Waals surface area contributed by atoms with Gasteiger partial charge in [-0.2, -0.15) is 5.10 Å². The van der Waals surface area contributed by atoms with Gasteiger partial charge in [-0.15, -0.1) is 11.6 Å². The summed E-state index contributed by atoms with van der Waals surface area (Å²) in [6.07, 6.45) is 5.49. The lowest BCUT2D eigenvalue weighted by Gasteiger charge is -1.87. The topological polar surface area (TPSA) is 41.6 Å². The van der Waals surface area contributed by atoms with Crippen molar-refractivity contribution in [2.24, 2.45) is 0 Å². The molecule has 0 aliphatic carbocycles. The van der Waals surface area contributed by atoms with Crippen molar-refractivity contribution in [2.45, 2.75) is 0 Å². The summed E-state index contributed by atoms with van der Waals surface area (Å²) >= 11 is 5.53. The molecule has 0 spiro atoms. The molecular formula is C9H8ClN3. The number of H-pyrrole nitrogens is 1. The minimum Gasteiger partial charge on any atom is -0.276 e. The number of hydrogen-bond acceptors (Lipinski definition) is 2. The average molecular weight is 194 g/mol. The first-order chi connectivity index (χ1) is 6.42. The van der Waals surface area contributed by atoms with Crippen LogP contribution in [-0.4, -0.2) is 21.1 Å². The fourth-order valence-electron chi connectivity index (χ4n) is 1.16. The number of hydrogen-bond donors (Lipinski definition) is 1. The zero-order valence-corrected chi connectivity index (χ0v) is 7.62. The maximum absolute atomic E-state index is 5.53. The third-order valence-corrected chi connectivity index (χ3v) is 1.91. The molecular weight excluding hydrogens is 186 g/mol. The van der Waals surface area contributed by atoms with Crippen LogP contribution in [0.3, 0.4) is 0 Å². The maximum Gasteiger partial charge on any atom is 0.181 e. The molecule has 66 valence electrons. The molecule has 0 saturated carbocycles. The van der Waals surface area contributed by atoms with Crippen LogP contribution in [0.25, 0.3) is 17.1 Å². The lowest BCUT2D eigenvalue weighted by atomic mass is 10.2. The van der Waals surface area contributed by atoms with Crippen LogP contribution in [0.4, 0.5) is 0 Å². The van der Waals surface area contributed by atoms with Gasteiger partial charge in [-0.05, 0) is 18.2 Å². The van der Waals surface area contributed by atoms with E-state index in [9.17, 15) is 0 Å². The number of pyridine rings is 1. The summed E-state index contributed by atoms with van der Waals surface area (Å²) in [6, 6.07) is 3.86. The molecule has 1 N–H and O–H groups in total. The second-order valence-corrected chi connectivity index (χ2v) is 2.88.